The lowest BCUT2D eigenvalue weighted by molar-refractivity contribution is -0.199. The van der Waals surface area contributed by atoms with Crippen LogP contribution >= 0.6 is 0 Å². The summed E-state index contributed by atoms with van der Waals surface area (Å²) in [5, 5.41) is 28.8. The Morgan fingerprint density at radius 3 is 2.00 bits per heavy atom. The van der Waals surface area contributed by atoms with Gasteiger partial charge in [0.15, 0.2) is 0 Å². The van der Waals surface area contributed by atoms with Crippen molar-refractivity contribution in [3.05, 3.63) is 12.2 Å². The Kier molecular flexibility index (Phi) is 15.9. The van der Waals surface area contributed by atoms with E-state index in [1.54, 1.807) is 0 Å². The molecule has 166 valence electrons. The molecule has 1 aliphatic heterocycles. The highest BCUT2D eigenvalue weighted by Crippen LogP contribution is 2.16. The fraction of sp³-hybridized carbons (Fsp3) is 0.913. The van der Waals surface area contributed by atoms with Gasteiger partial charge in [-0.1, -0.05) is 83.3 Å². The molecule has 28 heavy (non-hydrogen) atoms. The molecule has 5 heteroatoms. The van der Waals surface area contributed by atoms with Crippen molar-refractivity contribution in [3.63, 3.8) is 0 Å². The quantitative estimate of drug-likeness (QED) is 0.253. The van der Waals surface area contributed by atoms with E-state index in [9.17, 15) is 15.3 Å². The van der Waals surface area contributed by atoms with Gasteiger partial charge in [-0.2, -0.15) is 0 Å². The highest BCUT2D eigenvalue weighted by atomic mass is 16.6. The number of unbranched alkanes of at least 4 members (excludes halogenated alkanes) is 11. The van der Waals surface area contributed by atoms with Gasteiger partial charge >= 0.3 is 0 Å². The maximum Gasteiger partial charge on any atom is 0.111 e. The van der Waals surface area contributed by atoms with Crippen molar-refractivity contribution < 1.29 is 24.8 Å². The lowest BCUT2D eigenvalue weighted by Gasteiger charge is -2.35. The molecular weight excluding hydrogens is 356 g/mol. The molecule has 1 rings (SSSR count). The highest BCUT2D eigenvalue weighted by Gasteiger charge is 2.37. The number of ether oxygens (including phenoxy) is 2. The molecule has 0 spiro atoms. The third-order valence-corrected chi connectivity index (χ3v) is 5.46. The smallest absolute Gasteiger partial charge is 0.111 e. The van der Waals surface area contributed by atoms with Gasteiger partial charge < -0.3 is 24.8 Å². The summed E-state index contributed by atoms with van der Waals surface area (Å²) in [5.74, 6) is 0. The molecule has 0 aliphatic carbocycles. The molecular formula is C23H44O5. The predicted molar refractivity (Wildman–Crippen MR) is 113 cm³/mol. The normalized spacial score (nSPS) is 25.6. The third-order valence-electron chi connectivity index (χ3n) is 5.46. The number of aliphatic hydroxyl groups is 3. The third kappa shape index (κ3) is 12.2. The van der Waals surface area contributed by atoms with Crippen LogP contribution in [0.2, 0.25) is 0 Å². The summed E-state index contributed by atoms with van der Waals surface area (Å²) in [6, 6.07) is 0. The van der Waals surface area contributed by atoms with Crippen LogP contribution in [0.4, 0.5) is 0 Å². The van der Waals surface area contributed by atoms with E-state index < -0.39 is 24.4 Å². The zero-order valence-corrected chi connectivity index (χ0v) is 17.9. The Morgan fingerprint density at radius 2 is 1.36 bits per heavy atom. The molecule has 5 nitrogen and oxygen atoms in total. The minimum atomic E-state index is -1.16. The lowest BCUT2D eigenvalue weighted by Crippen LogP contribution is -2.54. The van der Waals surface area contributed by atoms with Crippen molar-refractivity contribution in [1.29, 1.82) is 0 Å². The lowest BCUT2D eigenvalue weighted by atomic mass is 10.0. The van der Waals surface area contributed by atoms with Crippen molar-refractivity contribution in [1.82, 2.24) is 0 Å². The second kappa shape index (κ2) is 17.4. The average Bonchev–Trinajstić information content (AvgIpc) is 2.70. The van der Waals surface area contributed by atoms with Crippen molar-refractivity contribution >= 4 is 0 Å². The standard InChI is InChI=1S/C23H44O5/c1-2-3-4-5-6-7-8-9-10-11-12-13-14-15-16-17-27-19-21-23(26)22(25)20(24)18-28-21/h14-15,20-26H,2-13,16-19H2,1H3/b15-14+/t20-,21+,22+,23+/m0/s1. The second-order valence-electron chi connectivity index (χ2n) is 8.08. The van der Waals surface area contributed by atoms with Crippen molar-refractivity contribution in [2.45, 2.75) is 115 Å². The van der Waals surface area contributed by atoms with Crippen LogP contribution in [0.3, 0.4) is 0 Å². The summed E-state index contributed by atoms with van der Waals surface area (Å²) in [7, 11) is 0. The molecule has 0 bridgehead atoms. The molecule has 0 aromatic heterocycles. The number of hydrogen-bond donors (Lipinski definition) is 3. The summed E-state index contributed by atoms with van der Waals surface area (Å²) < 4.78 is 10.8. The average molecular weight is 401 g/mol. The van der Waals surface area contributed by atoms with E-state index in [1.807, 2.05) is 0 Å². The summed E-state index contributed by atoms with van der Waals surface area (Å²) >= 11 is 0. The topological polar surface area (TPSA) is 79.2 Å². The Balaban J connectivity index is 1.82. The predicted octanol–water partition coefficient (Wildman–Crippen LogP) is 4.13. The van der Waals surface area contributed by atoms with Gasteiger partial charge in [0.2, 0.25) is 0 Å². The summed E-state index contributed by atoms with van der Waals surface area (Å²) in [6.45, 7) is 3.10. The molecule has 1 fully saturated rings. The molecule has 0 saturated carbocycles. The van der Waals surface area contributed by atoms with Crippen LogP contribution in [0.5, 0.6) is 0 Å². The molecule has 0 amide bonds. The van der Waals surface area contributed by atoms with Crippen molar-refractivity contribution in [3.8, 4) is 0 Å². The van der Waals surface area contributed by atoms with E-state index in [0.717, 1.165) is 12.8 Å². The van der Waals surface area contributed by atoms with Crippen LogP contribution in [-0.4, -0.2) is 59.6 Å². The molecule has 0 radical (unpaired) electrons. The molecule has 0 aromatic rings. The van der Waals surface area contributed by atoms with Crippen LogP contribution in [0.15, 0.2) is 12.2 Å². The summed E-state index contributed by atoms with van der Waals surface area (Å²) in [4.78, 5) is 0. The Labute approximate surface area is 172 Å². The summed E-state index contributed by atoms with van der Waals surface area (Å²) in [6.07, 6.45) is 17.6. The maximum absolute atomic E-state index is 9.81. The molecule has 1 heterocycles. The molecule has 1 aliphatic rings. The van der Waals surface area contributed by atoms with Crippen molar-refractivity contribution in [2.24, 2.45) is 0 Å². The van der Waals surface area contributed by atoms with Gasteiger partial charge in [-0.05, 0) is 19.3 Å². The number of allylic oxidation sites excluding steroid dienone is 1. The maximum atomic E-state index is 9.81. The van der Waals surface area contributed by atoms with Crippen LogP contribution in [-0.2, 0) is 9.47 Å². The Bertz CT molecular complexity index is 374. The molecule has 0 unspecified atom stereocenters. The molecule has 3 N–H and O–H groups in total. The monoisotopic (exact) mass is 400 g/mol. The zero-order chi connectivity index (χ0) is 20.5. The first-order valence-corrected chi connectivity index (χ1v) is 11.5. The van der Waals surface area contributed by atoms with E-state index in [1.165, 1.54) is 70.6 Å². The highest BCUT2D eigenvalue weighted by molar-refractivity contribution is 4.86. The zero-order valence-electron chi connectivity index (χ0n) is 17.9. The molecule has 1 saturated heterocycles. The second-order valence-corrected chi connectivity index (χ2v) is 8.08. The van der Waals surface area contributed by atoms with Gasteiger partial charge in [-0.15, -0.1) is 0 Å². The van der Waals surface area contributed by atoms with Crippen LogP contribution < -0.4 is 0 Å². The van der Waals surface area contributed by atoms with Gasteiger partial charge in [0.25, 0.3) is 0 Å². The number of rotatable bonds is 17. The summed E-state index contributed by atoms with van der Waals surface area (Å²) in [5.41, 5.74) is 0. The number of aliphatic hydroxyl groups excluding tert-OH is 3. The van der Waals surface area contributed by atoms with Crippen LogP contribution in [0.1, 0.15) is 90.4 Å². The Morgan fingerprint density at radius 1 is 0.786 bits per heavy atom. The molecule has 0 aromatic carbocycles. The molecule has 4 atom stereocenters. The Hall–Kier alpha value is -0.460. The van der Waals surface area contributed by atoms with E-state index in [0.29, 0.717) is 6.61 Å². The largest absolute Gasteiger partial charge is 0.388 e. The van der Waals surface area contributed by atoms with Gasteiger partial charge in [0.1, 0.15) is 24.4 Å². The van der Waals surface area contributed by atoms with Gasteiger partial charge in [0, 0.05) is 0 Å². The van der Waals surface area contributed by atoms with E-state index in [-0.39, 0.29) is 13.2 Å². The van der Waals surface area contributed by atoms with Gasteiger partial charge in [-0.3, -0.25) is 0 Å². The van der Waals surface area contributed by atoms with Crippen molar-refractivity contribution in [2.75, 3.05) is 19.8 Å². The van der Waals surface area contributed by atoms with Gasteiger partial charge in [-0.25, -0.2) is 0 Å². The first-order valence-electron chi connectivity index (χ1n) is 11.5. The minimum absolute atomic E-state index is 0.0329. The van der Waals surface area contributed by atoms with Crippen LogP contribution in [0, 0.1) is 0 Å². The SMILES string of the molecule is CCCCCCCCCCCCC/C=C/CCOC[C@H]1OC[C@H](O)[C@@H](O)[C@@H]1O. The van der Waals surface area contributed by atoms with E-state index >= 15 is 0 Å². The minimum Gasteiger partial charge on any atom is -0.388 e. The first kappa shape index (κ1) is 25.6. The fourth-order valence-electron chi connectivity index (χ4n) is 3.53. The fourth-order valence-corrected chi connectivity index (χ4v) is 3.53. The first-order chi connectivity index (χ1) is 13.7. The van der Waals surface area contributed by atoms with E-state index in [2.05, 4.69) is 19.1 Å². The van der Waals surface area contributed by atoms with E-state index in [4.69, 9.17) is 9.47 Å². The number of hydrogen-bond acceptors (Lipinski definition) is 5. The van der Waals surface area contributed by atoms with Gasteiger partial charge in [0.05, 0.1) is 19.8 Å². The van der Waals surface area contributed by atoms with Crippen LogP contribution in [0.25, 0.3) is 0 Å².